The van der Waals surface area contributed by atoms with Crippen molar-refractivity contribution in [3.05, 3.63) is 81.9 Å². The molecule has 0 aromatic heterocycles. The van der Waals surface area contributed by atoms with E-state index in [0.717, 1.165) is 16.7 Å². The van der Waals surface area contributed by atoms with Crippen molar-refractivity contribution in [3.63, 3.8) is 0 Å². The average molecular weight is 392 g/mol. The summed E-state index contributed by atoms with van der Waals surface area (Å²) in [4.78, 5) is 11.6. The standard InChI is InChI=1S/C23H24N2O4/c1-4-29-22-14-17(12-13-21(22)28-3)15-24-20-11-7-10-19(23(20)25(26)27)18-9-6-5-8-16(18)2/h5-14,24H,4,15H2,1-3H3. The molecule has 3 aromatic carbocycles. The fourth-order valence-electron chi connectivity index (χ4n) is 3.27. The van der Waals surface area contributed by atoms with Gasteiger partial charge >= 0.3 is 0 Å². The van der Waals surface area contributed by atoms with Crippen molar-refractivity contribution in [2.24, 2.45) is 0 Å². The predicted octanol–water partition coefficient (Wildman–Crippen LogP) is 5.59. The molecule has 29 heavy (non-hydrogen) atoms. The fraction of sp³-hybridized carbons (Fsp3) is 0.217. The lowest BCUT2D eigenvalue weighted by atomic mass is 9.98. The first-order valence-electron chi connectivity index (χ1n) is 9.42. The third-order valence-electron chi connectivity index (χ3n) is 4.66. The molecule has 0 bridgehead atoms. The molecule has 0 aliphatic heterocycles. The summed E-state index contributed by atoms with van der Waals surface area (Å²) in [6.07, 6.45) is 0. The molecule has 0 atom stereocenters. The minimum absolute atomic E-state index is 0.0698. The van der Waals surface area contributed by atoms with Gasteiger partial charge in [-0.15, -0.1) is 0 Å². The van der Waals surface area contributed by atoms with Gasteiger partial charge in [-0.05, 0) is 54.8 Å². The van der Waals surface area contributed by atoms with Crippen molar-refractivity contribution in [1.82, 2.24) is 0 Å². The SMILES string of the molecule is CCOc1cc(CNc2cccc(-c3ccccc3C)c2[N+](=O)[O-])ccc1OC. The zero-order chi connectivity index (χ0) is 20.8. The second-order valence-electron chi connectivity index (χ2n) is 6.55. The highest BCUT2D eigenvalue weighted by Gasteiger charge is 2.21. The van der Waals surface area contributed by atoms with Gasteiger partial charge in [0.05, 0.1) is 24.2 Å². The minimum atomic E-state index is -0.330. The highest BCUT2D eigenvalue weighted by molar-refractivity contribution is 5.83. The van der Waals surface area contributed by atoms with Crippen molar-refractivity contribution in [1.29, 1.82) is 0 Å². The summed E-state index contributed by atoms with van der Waals surface area (Å²) in [6, 6.07) is 18.6. The molecule has 0 aliphatic carbocycles. The van der Waals surface area contributed by atoms with Gasteiger partial charge in [-0.25, -0.2) is 0 Å². The molecule has 3 rings (SSSR count). The summed E-state index contributed by atoms with van der Waals surface area (Å²) in [7, 11) is 1.59. The van der Waals surface area contributed by atoms with Gasteiger partial charge < -0.3 is 14.8 Å². The Kier molecular flexibility index (Phi) is 6.34. The molecule has 1 N–H and O–H groups in total. The zero-order valence-corrected chi connectivity index (χ0v) is 16.8. The Morgan fingerprint density at radius 1 is 1.00 bits per heavy atom. The number of aryl methyl sites for hydroxylation is 1. The molecule has 0 radical (unpaired) electrons. The number of methoxy groups -OCH3 is 1. The van der Waals surface area contributed by atoms with Crippen molar-refractivity contribution in [3.8, 4) is 22.6 Å². The van der Waals surface area contributed by atoms with Crippen LogP contribution < -0.4 is 14.8 Å². The van der Waals surface area contributed by atoms with E-state index in [0.29, 0.717) is 35.9 Å². The Morgan fingerprint density at radius 3 is 2.45 bits per heavy atom. The molecular weight excluding hydrogens is 368 g/mol. The first-order chi connectivity index (χ1) is 14.0. The van der Waals surface area contributed by atoms with E-state index >= 15 is 0 Å². The number of hydrogen-bond donors (Lipinski definition) is 1. The summed E-state index contributed by atoms with van der Waals surface area (Å²) >= 11 is 0. The Morgan fingerprint density at radius 2 is 1.76 bits per heavy atom. The normalized spacial score (nSPS) is 10.4. The Balaban J connectivity index is 1.92. The average Bonchev–Trinajstić information content (AvgIpc) is 2.72. The summed E-state index contributed by atoms with van der Waals surface area (Å²) in [5.41, 5.74) is 3.92. The van der Waals surface area contributed by atoms with Crippen LogP contribution in [0.3, 0.4) is 0 Å². The van der Waals surface area contributed by atoms with Gasteiger partial charge in [-0.1, -0.05) is 36.4 Å². The minimum Gasteiger partial charge on any atom is -0.493 e. The number of nitrogens with zero attached hydrogens (tertiary/aromatic N) is 1. The topological polar surface area (TPSA) is 73.6 Å². The lowest BCUT2D eigenvalue weighted by Gasteiger charge is -2.14. The number of anilines is 1. The molecule has 3 aromatic rings. The van der Waals surface area contributed by atoms with E-state index in [4.69, 9.17) is 9.47 Å². The van der Waals surface area contributed by atoms with Gasteiger partial charge in [0.1, 0.15) is 5.69 Å². The molecule has 0 aliphatic rings. The Hall–Kier alpha value is -3.54. The van der Waals surface area contributed by atoms with Crippen LogP contribution in [-0.2, 0) is 6.54 Å². The van der Waals surface area contributed by atoms with Crippen LogP contribution in [0, 0.1) is 17.0 Å². The third-order valence-corrected chi connectivity index (χ3v) is 4.66. The number of nitrogens with one attached hydrogen (secondary N) is 1. The van der Waals surface area contributed by atoms with Crippen LogP contribution in [0.15, 0.2) is 60.7 Å². The molecule has 0 unspecified atom stereocenters. The number of benzene rings is 3. The number of ether oxygens (including phenoxy) is 2. The zero-order valence-electron chi connectivity index (χ0n) is 16.8. The number of hydrogen-bond acceptors (Lipinski definition) is 5. The van der Waals surface area contributed by atoms with E-state index in [9.17, 15) is 10.1 Å². The first kappa shape index (κ1) is 20.2. The van der Waals surface area contributed by atoms with Crippen molar-refractivity contribution < 1.29 is 14.4 Å². The van der Waals surface area contributed by atoms with E-state index in [1.807, 2.05) is 62.4 Å². The predicted molar refractivity (Wildman–Crippen MR) is 115 cm³/mol. The molecule has 0 fully saturated rings. The van der Waals surface area contributed by atoms with Crippen LogP contribution in [0.5, 0.6) is 11.5 Å². The molecule has 0 spiro atoms. The highest BCUT2D eigenvalue weighted by Crippen LogP contribution is 2.38. The van der Waals surface area contributed by atoms with Gasteiger partial charge in [0.2, 0.25) is 0 Å². The molecule has 0 heterocycles. The van der Waals surface area contributed by atoms with Crippen molar-refractivity contribution in [2.45, 2.75) is 20.4 Å². The third kappa shape index (κ3) is 4.48. The van der Waals surface area contributed by atoms with E-state index in [-0.39, 0.29) is 10.6 Å². The summed E-state index contributed by atoms with van der Waals surface area (Å²) in [5.74, 6) is 1.31. The maximum absolute atomic E-state index is 11.9. The van der Waals surface area contributed by atoms with Crippen molar-refractivity contribution >= 4 is 11.4 Å². The molecular formula is C23H24N2O4. The number of nitro benzene ring substituents is 1. The van der Waals surface area contributed by atoms with Gasteiger partial charge in [0.15, 0.2) is 11.5 Å². The second-order valence-corrected chi connectivity index (χ2v) is 6.55. The monoisotopic (exact) mass is 392 g/mol. The summed E-state index contributed by atoms with van der Waals surface area (Å²) < 4.78 is 10.9. The van der Waals surface area contributed by atoms with Gasteiger partial charge in [0, 0.05) is 6.54 Å². The largest absolute Gasteiger partial charge is 0.493 e. The van der Waals surface area contributed by atoms with Crippen LogP contribution in [0.2, 0.25) is 0 Å². The van der Waals surface area contributed by atoms with E-state index in [1.54, 1.807) is 19.2 Å². The van der Waals surface area contributed by atoms with E-state index in [1.165, 1.54) is 0 Å². The summed E-state index contributed by atoms with van der Waals surface area (Å²) in [5, 5.41) is 15.1. The van der Waals surface area contributed by atoms with E-state index in [2.05, 4.69) is 5.32 Å². The Bertz CT molecular complexity index is 1020. The van der Waals surface area contributed by atoms with Crippen molar-refractivity contribution in [2.75, 3.05) is 19.0 Å². The molecule has 6 heteroatoms. The van der Waals surface area contributed by atoms with Crippen LogP contribution in [-0.4, -0.2) is 18.6 Å². The lowest BCUT2D eigenvalue weighted by molar-refractivity contribution is -0.383. The first-order valence-corrected chi connectivity index (χ1v) is 9.42. The molecule has 0 saturated heterocycles. The fourth-order valence-corrected chi connectivity index (χ4v) is 3.27. The van der Waals surface area contributed by atoms with Gasteiger partial charge in [-0.3, -0.25) is 10.1 Å². The van der Waals surface area contributed by atoms with Crippen LogP contribution in [0.1, 0.15) is 18.1 Å². The van der Waals surface area contributed by atoms with E-state index < -0.39 is 0 Å². The number of para-hydroxylation sites is 1. The second kappa shape index (κ2) is 9.10. The molecule has 0 saturated carbocycles. The molecule has 150 valence electrons. The highest BCUT2D eigenvalue weighted by atomic mass is 16.6. The van der Waals surface area contributed by atoms with Crippen LogP contribution >= 0.6 is 0 Å². The molecule has 6 nitrogen and oxygen atoms in total. The quantitative estimate of drug-likeness (QED) is 0.400. The smallest absolute Gasteiger partial charge is 0.300 e. The van der Waals surface area contributed by atoms with Crippen LogP contribution in [0.4, 0.5) is 11.4 Å². The maximum atomic E-state index is 11.9. The van der Waals surface area contributed by atoms with Gasteiger partial charge in [0.25, 0.3) is 5.69 Å². The summed E-state index contributed by atoms with van der Waals surface area (Å²) in [6.45, 7) is 4.80. The number of rotatable bonds is 8. The maximum Gasteiger partial charge on any atom is 0.300 e. The van der Waals surface area contributed by atoms with Gasteiger partial charge in [-0.2, -0.15) is 0 Å². The Labute approximate surface area is 170 Å². The number of nitro groups is 1. The lowest BCUT2D eigenvalue weighted by Crippen LogP contribution is -2.05. The van der Waals surface area contributed by atoms with Crippen LogP contribution in [0.25, 0.3) is 11.1 Å². The molecule has 0 amide bonds.